The number of rotatable bonds is 2. The van der Waals surface area contributed by atoms with Gasteiger partial charge in [0.25, 0.3) is 0 Å². The highest BCUT2D eigenvalue weighted by Gasteiger charge is 2.42. The van der Waals surface area contributed by atoms with Crippen molar-refractivity contribution in [2.24, 2.45) is 0 Å². The summed E-state index contributed by atoms with van der Waals surface area (Å²) in [6.45, 7) is 1.09. The molecule has 0 bridgehead atoms. The van der Waals surface area contributed by atoms with Gasteiger partial charge in [-0.25, -0.2) is 0 Å². The number of carbonyl (C=O) groups excluding carboxylic acids is 1. The van der Waals surface area contributed by atoms with E-state index in [2.05, 4.69) is 0 Å². The zero-order valence-corrected chi connectivity index (χ0v) is 12.9. The van der Waals surface area contributed by atoms with Gasteiger partial charge in [-0.05, 0) is 49.4 Å². The molecule has 1 aliphatic rings. The van der Waals surface area contributed by atoms with Crippen molar-refractivity contribution < 1.29 is 35.9 Å². The molecule has 134 valence electrons. The molecule has 1 aromatic carbocycles. The van der Waals surface area contributed by atoms with Crippen LogP contribution in [0.4, 0.5) is 26.3 Å². The lowest BCUT2D eigenvalue weighted by Crippen LogP contribution is -2.34. The highest BCUT2D eigenvalue weighted by Crippen LogP contribution is 2.44. The van der Waals surface area contributed by atoms with Crippen molar-refractivity contribution in [3.63, 3.8) is 0 Å². The molecule has 0 unspecified atom stereocenters. The number of hydrogen-bond acceptors (Lipinski definition) is 2. The topological polar surface area (TPSA) is 26.3 Å². The summed E-state index contributed by atoms with van der Waals surface area (Å²) in [5.41, 5.74) is -4.49. The number of hydrogen-bond donors (Lipinski definition) is 0. The third kappa shape index (κ3) is 4.02. The Balaban J connectivity index is 2.63. The number of ether oxygens (including phenoxy) is 1. The maximum atomic E-state index is 13.0. The van der Waals surface area contributed by atoms with Crippen molar-refractivity contribution in [3.05, 3.63) is 34.9 Å². The van der Waals surface area contributed by atoms with E-state index < -0.39 is 35.0 Å². The van der Waals surface area contributed by atoms with Gasteiger partial charge in [-0.3, -0.25) is 4.79 Å². The fourth-order valence-electron chi connectivity index (χ4n) is 3.07. The SMILES string of the molecule is CC(=O)OC1(c2cc(C(F)(F)F)cc(C(F)(F)F)c2)CCCCC1. The maximum absolute atomic E-state index is 13.0. The minimum absolute atomic E-state index is 0.0772. The van der Waals surface area contributed by atoms with Crippen LogP contribution in [0.25, 0.3) is 0 Å². The van der Waals surface area contributed by atoms with E-state index in [1.54, 1.807) is 0 Å². The van der Waals surface area contributed by atoms with Crippen LogP contribution in [-0.2, 0) is 27.5 Å². The molecule has 8 heteroatoms. The molecule has 0 saturated heterocycles. The first-order chi connectivity index (χ1) is 10.9. The second-order valence-electron chi connectivity index (χ2n) is 5.94. The zero-order valence-electron chi connectivity index (χ0n) is 12.9. The molecule has 0 aliphatic heterocycles. The number of benzene rings is 1. The highest BCUT2D eigenvalue weighted by atomic mass is 19.4. The van der Waals surface area contributed by atoms with Crippen LogP contribution in [-0.4, -0.2) is 5.97 Å². The predicted octanol–water partition coefficient (Wildman–Crippen LogP) is 5.45. The minimum Gasteiger partial charge on any atom is -0.454 e. The van der Waals surface area contributed by atoms with Gasteiger partial charge in [-0.2, -0.15) is 26.3 Å². The van der Waals surface area contributed by atoms with E-state index >= 15 is 0 Å². The average Bonchev–Trinajstić information content (AvgIpc) is 2.45. The van der Waals surface area contributed by atoms with Crippen LogP contribution in [0, 0.1) is 0 Å². The summed E-state index contributed by atoms with van der Waals surface area (Å²) in [5.74, 6) is -0.733. The lowest BCUT2D eigenvalue weighted by molar-refractivity contribution is -0.162. The Morgan fingerprint density at radius 3 is 1.75 bits per heavy atom. The molecular formula is C16H16F6O2. The third-order valence-electron chi connectivity index (χ3n) is 4.11. The third-order valence-corrected chi connectivity index (χ3v) is 4.11. The molecule has 0 spiro atoms. The molecule has 1 saturated carbocycles. The Bertz CT molecular complexity index is 580. The van der Waals surface area contributed by atoms with Crippen molar-refractivity contribution in [3.8, 4) is 0 Å². The smallest absolute Gasteiger partial charge is 0.416 e. The largest absolute Gasteiger partial charge is 0.454 e. The van der Waals surface area contributed by atoms with Crippen molar-refractivity contribution in [2.75, 3.05) is 0 Å². The molecule has 0 radical (unpaired) electrons. The number of esters is 1. The van der Waals surface area contributed by atoms with Crippen LogP contribution in [0.5, 0.6) is 0 Å². The number of halogens is 6. The first kappa shape index (κ1) is 18.6. The van der Waals surface area contributed by atoms with Crippen LogP contribution in [0.1, 0.15) is 55.7 Å². The number of carbonyl (C=O) groups is 1. The normalized spacial score (nSPS) is 18.3. The van der Waals surface area contributed by atoms with E-state index in [1.165, 1.54) is 0 Å². The van der Waals surface area contributed by atoms with Crippen molar-refractivity contribution in [2.45, 2.75) is 57.0 Å². The Kier molecular flexibility index (Phi) is 4.88. The van der Waals surface area contributed by atoms with Gasteiger partial charge in [-0.1, -0.05) is 6.42 Å². The molecule has 1 aliphatic carbocycles. The van der Waals surface area contributed by atoms with Crippen molar-refractivity contribution in [1.82, 2.24) is 0 Å². The minimum atomic E-state index is -4.93. The molecule has 0 heterocycles. The maximum Gasteiger partial charge on any atom is 0.416 e. The van der Waals surface area contributed by atoms with Crippen LogP contribution >= 0.6 is 0 Å². The molecule has 0 amide bonds. The van der Waals surface area contributed by atoms with E-state index in [0.29, 0.717) is 25.0 Å². The van der Waals surface area contributed by atoms with Crippen LogP contribution in [0.2, 0.25) is 0 Å². The average molecular weight is 354 g/mol. The second kappa shape index (κ2) is 6.29. The summed E-state index contributed by atoms with van der Waals surface area (Å²) < 4.78 is 83.3. The van der Waals surface area contributed by atoms with E-state index in [1.807, 2.05) is 0 Å². The van der Waals surface area contributed by atoms with Gasteiger partial charge in [0.15, 0.2) is 0 Å². The summed E-state index contributed by atoms with van der Waals surface area (Å²) in [6, 6.07) is 1.39. The van der Waals surface area contributed by atoms with E-state index in [-0.39, 0.29) is 24.5 Å². The molecule has 0 atom stereocenters. The predicted molar refractivity (Wildman–Crippen MR) is 73.0 cm³/mol. The summed E-state index contributed by atoms with van der Waals surface area (Å²) in [5, 5.41) is 0. The Morgan fingerprint density at radius 2 is 1.38 bits per heavy atom. The fraction of sp³-hybridized carbons (Fsp3) is 0.562. The molecule has 0 aromatic heterocycles. The van der Waals surface area contributed by atoms with E-state index in [4.69, 9.17) is 4.74 Å². The molecule has 24 heavy (non-hydrogen) atoms. The quantitative estimate of drug-likeness (QED) is 0.522. The monoisotopic (exact) mass is 354 g/mol. The molecule has 2 nitrogen and oxygen atoms in total. The standard InChI is InChI=1S/C16H16F6O2/c1-10(23)24-14(5-3-2-4-6-14)11-7-12(15(17,18)19)9-13(8-11)16(20,21)22/h7-9H,2-6H2,1H3. The summed E-state index contributed by atoms with van der Waals surface area (Å²) in [7, 11) is 0. The van der Waals surface area contributed by atoms with Crippen molar-refractivity contribution in [1.29, 1.82) is 0 Å². The van der Waals surface area contributed by atoms with E-state index in [0.717, 1.165) is 13.3 Å². The fourth-order valence-corrected chi connectivity index (χ4v) is 3.07. The molecular weight excluding hydrogens is 338 g/mol. The second-order valence-corrected chi connectivity index (χ2v) is 5.94. The van der Waals surface area contributed by atoms with Crippen LogP contribution in [0.3, 0.4) is 0 Å². The Morgan fingerprint density at radius 1 is 0.917 bits per heavy atom. The lowest BCUT2D eigenvalue weighted by atomic mass is 9.78. The van der Waals surface area contributed by atoms with Gasteiger partial charge in [0, 0.05) is 6.92 Å². The zero-order chi connectivity index (χ0) is 18.2. The molecule has 2 rings (SSSR count). The van der Waals surface area contributed by atoms with Gasteiger partial charge in [-0.15, -0.1) is 0 Å². The van der Waals surface area contributed by atoms with Crippen LogP contribution in [0.15, 0.2) is 18.2 Å². The number of alkyl halides is 6. The van der Waals surface area contributed by atoms with Gasteiger partial charge in [0.2, 0.25) is 0 Å². The Hall–Kier alpha value is -1.73. The lowest BCUT2D eigenvalue weighted by Gasteiger charge is -2.37. The van der Waals surface area contributed by atoms with Gasteiger partial charge in [0.1, 0.15) is 5.60 Å². The molecule has 1 fully saturated rings. The van der Waals surface area contributed by atoms with Gasteiger partial charge >= 0.3 is 18.3 Å². The summed E-state index contributed by atoms with van der Waals surface area (Å²) >= 11 is 0. The van der Waals surface area contributed by atoms with Crippen molar-refractivity contribution >= 4 is 5.97 Å². The summed E-state index contributed by atoms with van der Waals surface area (Å²) in [4.78, 5) is 11.4. The summed E-state index contributed by atoms with van der Waals surface area (Å²) in [6.07, 6.45) is -7.55. The first-order valence-electron chi connectivity index (χ1n) is 7.44. The van der Waals surface area contributed by atoms with Crippen LogP contribution < -0.4 is 0 Å². The first-order valence-corrected chi connectivity index (χ1v) is 7.44. The van der Waals surface area contributed by atoms with Gasteiger partial charge < -0.3 is 4.74 Å². The highest BCUT2D eigenvalue weighted by molar-refractivity contribution is 5.67. The molecule has 1 aromatic rings. The molecule has 0 N–H and O–H groups in total. The Labute approximate surface area is 134 Å². The van der Waals surface area contributed by atoms with E-state index in [9.17, 15) is 31.1 Å². The van der Waals surface area contributed by atoms with Gasteiger partial charge in [0.05, 0.1) is 11.1 Å².